The molecule has 0 spiro atoms. The smallest absolute Gasteiger partial charge is 0.171 e. The molecule has 1 atom stereocenters. The molecule has 0 saturated carbocycles. The van der Waals surface area contributed by atoms with Gasteiger partial charge in [0.05, 0.1) is 16.6 Å². The molecular weight excluding hydrogens is 265 g/mol. The van der Waals surface area contributed by atoms with Crippen LogP contribution in [0.3, 0.4) is 0 Å². The highest BCUT2D eigenvalue weighted by Crippen LogP contribution is 2.34. The second-order valence-corrected chi connectivity index (χ2v) is 5.04. The molecule has 0 fully saturated rings. The van der Waals surface area contributed by atoms with Gasteiger partial charge in [0.2, 0.25) is 0 Å². The first-order valence-corrected chi connectivity index (χ1v) is 6.47. The van der Waals surface area contributed by atoms with Crippen LogP contribution in [0.25, 0.3) is 0 Å². The first kappa shape index (κ1) is 12.3. The van der Waals surface area contributed by atoms with E-state index in [1.165, 1.54) is 18.2 Å². The lowest BCUT2D eigenvalue weighted by atomic mass is 9.95. The van der Waals surface area contributed by atoms with Crippen LogP contribution in [0.15, 0.2) is 36.5 Å². The van der Waals surface area contributed by atoms with Crippen molar-refractivity contribution in [3.05, 3.63) is 64.2 Å². The molecule has 1 aliphatic rings. The molecule has 19 heavy (non-hydrogen) atoms. The summed E-state index contributed by atoms with van der Waals surface area (Å²) < 4.78 is 13.1. The lowest BCUT2D eigenvalue weighted by molar-refractivity contribution is 0.0958. The van der Waals surface area contributed by atoms with Crippen LogP contribution < -0.4 is 0 Å². The van der Waals surface area contributed by atoms with E-state index in [-0.39, 0.29) is 16.7 Å². The Kier molecular flexibility index (Phi) is 3.07. The minimum absolute atomic E-state index is 0.0231. The van der Waals surface area contributed by atoms with Crippen molar-refractivity contribution < 1.29 is 9.18 Å². The zero-order valence-corrected chi connectivity index (χ0v) is 10.8. The second kappa shape index (κ2) is 4.74. The number of hydrogen-bond acceptors (Lipinski definition) is 2. The van der Waals surface area contributed by atoms with Crippen LogP contribution in [0.5, 0.6) is 0 Å². The molecule has 4 heteroatoms. The Labute approximate surface area is 115 Å². The number of pyridine rings is 1. The Hall–Kier alpha value is -1.74. The predicted octanol–water partition coefficient (Wildman–Crippen LogP) is 3.79. The van der Waals surface area contributed by atoms with Crippen molar-refractivity contribution in [3.63, 3.8) is 0 Å². The van der Waals surface area contributed by atoms with Gasteiger partial charge in [-0.1, -0.05) is 17.7 Å². The Bertz CT molecular complexity index is 656. The number of rotatable bonds is 2. The van der Waals surface area contributed by atoms with E-state index in [0.29, 0.717) is 5.56 Å². The highest BCUT2D eigenvalue weighted by atomic mass is 35.5. The number of Topliss-reactive ketones (excluding diaryl/α,β-unsaturated/α-hetero) is 1. The van der Waals surface area contributed by atoms with Crippen molar-refractivity contribution in [3.8, 4) is 0 Å². The molecule has 2 aromatic rings. The van der Waals surface area contributed by atoms with Gasteiger partial charge < -0.3 is 0 Å². The van der Waals surface area contributed by atoms with Crippen LogP contribution in [0.1, 0.15) is 34.0 Å². The molecule has 1 aromatic carbocycles. The zero-order chi connectivity index (χ0) is 13.4. The Morgan fingerprint density at radius 1 is 1.37 bits per heavy atom. The van der Waals surface area contributed by atoms with E-state index in [0.717, 1.165) is 24.1 Å². The van der Waals surface area contributed by atoms with Crippen molar-refractivity contribution in [1.29, 1.82) is 0 Å². The first-order chi connectivity index (χ1) is 9.16. The molecule has 2 nitrogen and oxygen atoms in total. The fourth-order valence-electron chi connectivity index (χ4n) is 2.52. The molecule has 1 aliphatic carbocycles. The maximum Gasteiger partial charge on any atom is 0.171 e. The summed E-state index contributed by atoms with van der Waals surface area (Å²) in [5, 5.41) is -0.0231. The predicted molar refractivity (Wildman–Crippen MR) is 71.0 cm³/mol. The minimum Gasteiger partial charge on any atom is -0.293 e. The highest BCUT2D eigenvalue weighted by molar-refractivity contribution is 6.31. The maximum atomic E-state index is 13.1. The molecule has 0 aliphatic heterocycles. The van der Waals surface area contributed by atoms with Crippen molar-refractivity contribution in [2.24, 2.45) is 0 Å². The average molecular weight is 276 g/mol. The van der Waals surface area contributed by atoms with E-state index in [1.54, 1.807) is 6.20 Å². The van der Waals surface area contributed by atoms with Crippen molar-refractivity contribution >= 4 is 17.4 Å². The van der Waals surface area contributed by atoms with Crippen molar-refractivity contribution in [2.75, 3.05) is 0 Å². The lowest BCUT2D eigenvalue weighted by Crippen LogP contribution is -2.11. The number of ketones is 1. The average Bonchev–Trinajstić information content (AvgIpc) is 2.85. The van der Waals surface area contributed by atoms with Gasteiger partial charge in [0.25, 0.3) is 0 Å². The van der Waals surface area contributed by atoms with Gasteiger partial charge in [-0.15, -0.1) is 0 Å². The van der Waals surface area contributed by atoms with E-state index >= 15 is 0 Å². The Balaban J connectivity index is 1.95. The molecule has 0 N–H and O–H groups in total. The molecule has 0 saturated heterocycles. The summed E-state index contributed by atoms with van der Waals surface area (Å²) in [5.41, 5.74) is 2.40. The fraction of sp³-hybridized carbons (Fsp3) is 0.200. The number of benzene rings is 1. The van der Waals surface area contributed by atoms with Gasteiger partial charge in [0.15, 0.2) is 5.78 Å². The highest BCUT2D eigenvalue weighted by Gasteiger charge is 2.30. The van der Waals surface area contributed by atoms with Gasteiger partial charge in [0.1, 0.15) is 5.82 Å². The number of aromatic nitrogens is 1. The van der Waals surface area contributed by atoms with Gasteiger partial charge in [0, 0.05) is 11.8 Å². The molecule has 0 amide bonds. The largest absolute Gasteiger partial charge is 0.293 e. The van der Waals surface area contributed by atoms with Gasteiger partial charge in [-0.3, -0.25) is 9.78 Å². The Morgan fingerprint density at radius 2 is 2.21 bits per heavy atom. The quantitative estimate of drug-likeness (QED) is 0.781. The van der Waals surface area contributed by atoms with Crippen LogP contribution in [-0.2, 0) is 6.42 Å². The van der Waals surface area contributed by atoms with Crippen LogP contribution in [0.2, 0.25) is 5.02 Å². The standard InChI is InChI=1S/C15H11ClFNO/c16-12-8-10(4-6-13(12)17)15(19)11-5-3-9-2-1-7-18-14(9)11/h1-2,4,6-8,11H,3,5H2. The molecular formula is C15H11ClFNO. The number of carbonyl (C=O) groups is 1. The SMILES string of the molecule is O=C(c1ccc(F)c(Cl)c1)C1CCc2cccnc21. The van der Waals surface area contributed by atoms with E-state index < -0.39 is 5.82 Å². The third-order valence-corrected chi connectivity index (χ3v) is 3.77. The van der Waals surface area contributed by atoms with Gasteiger partial charge in [-0.05, 0) is 42.7 Å². The summed E-state index contributed by atoms with van der Waals surface area (Å²) in [6.45, 7) is 0. The third-order valence-electron chi connectivity index (χ3n) is 3.48. The zero-order valence-electron chi connectivity index (χ0n) is 10.1. The van der Waals surface area contributed by atoms with Crippen LogP contribution >= 0.6 is 11.6 Å². The Morgan fingerprint density at radius 3 is 3.00 bits per heavy atom. The summed E-state index contributed by atoms with van der Waals surface area (Å²) in [4.78, 5) is 16.8. The molecule has 1 heterocycles. The summed E-state index contributed by atoms with van der Waals surface area (Å²) in [5.74, 6) is -0.791. The van der Waals surface area contributed by atoms with Crippen molar-refractivity contribution in [1.82, 2.24) is 4.98 Å². The van der Waals surface area contributed by atoms with Gasteiger partial charge in [-0.25, -0.2) is 4.39 Å². The lowest BCUT2D eigenvalue weighted by Gasteiger charge is -2.10. The van der Waals surface area contributed by atoms with Gasteiger partial charge in [-0.2, -0.15) is 0 Å². The number of fused-ring (bicyclic) bond motifs is 1. The summed E-state index contributed by atoms with van der Waals surface area (Å²) in [6, 6.07) is 7.96. The molecule has 1 unspecified atom stereocenters. The molecule has 96 valence electrons. The molecule has 1 aromatic heterocycles. The van der Waals surface area contributed by atoms with Gasteiger partial charge >= 0.3 is 0 Å². The van der Waals surface area contributed by atoms with Crippen LogP contribution in [0, 0.1) is 5.82 Å². The topological polar surface area (TPSA) is 30.0 Å². The van der Waals surface area contributed by atoms with E-state index in [9.17, 15) is 9.18 Å². The number of halogens is 2. The summed E-state index contributed by atoms with van der Waals surface area (Å²) in [6.07, 6.45) is 3.30. The van der Waals surface area contributed by atoms with E-state index in [4.69, 9.17) is 11.6 Å². The van der Waals surface area contributed by atoms with E-state index in [1.807, 2.05) is 12.1 Å². The second-order valence-electron chi connectivity index (χ2n) is 4.63. The first-order valence-electron chi connectivity index (χ1n) is 6.10. The van der Waals surface area contributed by atoms with Crippen LogP contribution in [-0.4, -0.2) is 10.8 Å². The molecule has 0 bridgehead atoms. The number of carbonyl (C=O) groups excluding carboxylic acids is 1. The number of aryl methyl sites for hydroxylation is 1. The molecule has 0 radical (unpaired) electrons. The number of nitrogens with zero attached hydrogens (tertiary/aromatic N) is 1. The van der Waals surface area contributed by atoms with Crippen LogP contribution in [0.4, 0.5) is 4.39 Å². The minimum atomic E-state index is -0.511. The van der Waals surface area contributed by atoms with E-state index in [2.05, 4.69) is 4.98 Å². The summed E-state index contributed by atoms with van der Waals surface area (Å²) >= 11 is 5.72. The monoisotopic (exact) mass is 275 g/mol. The number of hydrogen-bond donors (Lipinski definition) is 0. The third kappa shape index (κ3) is 2.15. The normalized spacial score (nSPS) is 17.3. The van der Waals surface area contributed by atoms with Crippen molar-refractivity contribution in [2.45, 2.75) is 18.8 Å². The summed E-state index contributed by atoms with van der Waals surface area (Å²) in [7, 11) is 0. The molecule has 3 rings (SSSR count). The maximum absolute atomic E-state index is 13.1. The fourth-order valence-corrected chi connectivity index (χ4v) is 2.70.